The summed E-state index contributed by atoms with van der Waals surface area (Å²) >= 11 is 0. The Morgan fingerprint density at radius 2 is 1.70 bits per heavy atom. The van der Waals surface area contributed by atoms with Crippen LogP contribution in [0.15, 0.2) is 36.5 Å². The number of nitrogens with one attached hydrogen (secondary N) is 1. The first kappa shape index (κ1) is 26.1. The molecule has 4 N–H and O–H groups in total. The summed E-state index contributed by atoms with van der Waals surface area (Å²) in [7, 11) is -2.85. The Kier molecular flexibility index (Phi) is 7.56. The molecular weight excluding hydrogens is 488 g/mol. The van der Waals surface area contributed by atoms with E-state index in [1.807, 2.05) is 0 Å². The van der Waals surface area contributed by atoms with Crippen LogP contribution < -0.4 is 11.1 Å². The molecule has 5 rings (SSSR count). The Bertz CT molecular complexity index is 1210. The number of anilines is 1. The molecule has 2 atom stereocenters. The fourth-order valence-electron chi connectivity index (χ4n) is 6.20. The van der Waals surface area contributed by atoms with E-state index in [0.29, 0.717) is 47.8 Å². The smallest absolute Gasteiger partial charge is 0.255 e. The number of nitrogen functional groups attached to an aromatic ring is 1. The van der Waals surface area contributed by atoms with Crippen LogP contribution in [0.1, 0.15) is 67.3 Å². The summed E-state index contributed by atoms with van der Waals surface area (Å²) in [5.74, 6) is 1.51. The number of aromatic nitrogens is 1. The summed E-state index contributed by atoms with van der Waals surface area (Å²) in [5, 5.41) is 12.8. The topological polar surface area (TPSA) is 126 Å². The van der Waals surface area contributed by atoms with E-state index < -0.39 is 9.84 Å². The van der Waals surface area contributed by atoms with Gasteiger partial charge in [0.2, 0.25) is 0 Å². The Labute approximate surface area is 219 Å². The minimum absolute atomic E-state index is 0.0456. The quantitative estimate of drug-likeness (QED) is 0.547. The number of hydrogen-bond acceptors (Lipinski definition) is 7. The van der Waals surface area contributed by atoms with Crippen molar-refractivity contribution in [3.8, 4) is 11.1 Å². The van der Waals surface area contributed by atoms with Crippen LogP contribution in [0.5, 0.6) is 0 Å². The van der Waals surface area contributed by atoms with Gasteiger partial charge in [-0.2, -0.15) is 0 Å². The van der Waals surface area contributed by atoms with Gasteiger partial charge in [0.15, 0.2) is 0 Å². The molecule has 37 heavy (non-hydrogen) atoms. The number of carbonyl (C=O) groups excluding carboxylic acids is 1. The van der Waals surface area contributed by atoms with Gasteiger partial charge in [-0.1, -0.05) is 31.2 Å². The fraction of sp³-hybridized carbons (Fsp3) is 0.571. The molecule has 1 aromatic heterocycles. The molecule has 8 nitrogen and oxygen atoms in total. The second-order valence-electron chi connectivity index (χ2n) is 11.2. The number of nitrogens with two attached hydrogens (primary N) is 1. The SMILES string of the molecule is C[C@@H]1CN(C2CCS(=O)(=O)CC2)C[C@H]1c1ccc(-c2cnc(N)c(C(=O)N[C@H]3CC[C@H](O)CC3)c2)cc1. The van der Waals surface area contributed by atoms with Crippen molar-refractivity contribution in [3.63, 3.8) is 0 Å². The first-order chi connectivity index (χ1) is 17.7. The van der Waals surface area contributed by atoms with Gasteiger partial charge in [0.1, 0.15) is 15.7 Å². The molecule has 3 fully saturated rings. The highest BCUT2D eigenvalue weighted by Gasteiger charge is 2.36. The summed E-state index contributed by atoms with van der Waals surface area (Å²) < 4.78 is 23.7. The molecule has 200 valence electrons. The van der Waals surface area contributed by atoms with Gasteiger partial charge in [0, 0.05) is 42.9 Å². The van der Waals surface area contributed by atoms with E-state index >= 15 is 0 Å². The summed E-state index contributed by atoms with van der Waals surface area (Å²) in [6.07, 6.45) is 5.83. The van der Waals surface area contributed by atoms with E-state index in [1.54, 1.807) is 12.3 Å². The second-order valence-corrected chi connectivity index (χ2v) is 13.5. The van der Waals surface area contributed by atoms with E-state index in [4.69, 9.17) is 5.73 Å². The van der Waals surface area contributed by atoms with Crippen molar-refractivity contribution < 1.29 is 18.3 Å². The molecule has 9 heteroatoms. The lowest BCUT2D eigenvalue weighted by molar-refractivity contribution is 0.0868. The van der Waals surface area contributed by atoms with E-state index in [0.717, 1.165) is 49.9 Å². The van der Waals surface area contributed by atoms with Crippen molar-refractivity contribution in [1.29, 1.82) is 0 Å². The van der Waals surface area contributed by atoms with Crippen LogP contribution in [-0.2, 0) is 9.84 Å². The number of aliphatic hydroxyl groups excluding tert-OH is 1. The largest absolute Gasteiger partial charge is 0.393 e. The predicted octanol–water partition coefficient (Wildman–Crippen LogP) is 2.98. The molecule has 2 aromatic rings. The minimum Gasteiger partial charge on any atom is -0.393 e. The number of rotatable bonds is 5. The second kappa shape index (κ2) is 10.7. The van der Waals surface area contributed by atoms with Gasteiger partial charge in [-0.25, -0.2) is 13.4 Å². The first-order valence-electron chi connectivity index (χ1n) is 13.5. The molecule has 0 radical (unpaired) electrons. The maximum atomic E-state index is 12.9. The molecule has 3 aliphatic rings. The number of sulfone groups is 1. The third-order valence-corrected chi connectivity index (χ3v) is 10.3. The lowest BCUT2D eigenvalue weighted by Crippen LogP contribution is -2.40. The molecule has 0 spiro atoms. The number of pyridine rings is 1. The van der Waals surface area contributed by atoms with Crippen molar-refractivity contribution in [2.45, 2.75) is 69.6 Å². The first-order valence-corrected chi connectivity index (χ1v) is 15.3. The Morgan fingerprint density at radius 3 is 2.38 bits per heavy atom. The average molecular weight is 527 g/mol. The lowest BCUT2D eigenvalue weighted by Gasteiger charge is -2.31. The fourth-order valence-corrected chi connectivity index (χ4v) is 7.67. The summed E-state index contributed by atoms with van der Waals surface area (Å²) in [4.78, 5) is 19.7. The Morgan fingerprint density at radius 1 is 1.03 bits per heavy atom. The zero-order chi connectivity index (χ0) is 26.2. The molecule has 0 bridgehead atoms. The van der Waals surface area contributed by atoms with Crippen LogP contribution in [0.4, 0.5) is 5.82 Å². The van der Waals surface area contributed by atoms with Crippen molar-refractivity contribution >= 4 is 21.6 Å². The van der Waals surface area contributed by atoms with Crippen molar-refractivity contribution in [3.05, 3.63) is 47.7 Å². The van der Waals surface area contributed by atoms with Crippen LogP contribution in [0.2, 0.25) is 0 Å². The highest BCUT2D eigenvalue weighted by atomic mass is 32.2. The van der Waals surface area contributed by atoms with Gasteiger partial charge < -0.3 is 16.2 Å². The maximum Gasteiger partial charge on any atom is 0.255 e. The van der Waals surface area contributed by atoms with Crippen LogP contribution in [0.25, 0.3) is 11.1 Å². The molecule has 0 unspecified atom stereocenters. The van der Waals surface area contributed by atoms with Crippen molar-refractivity contribution in [1.82, 2.24) is 15.2 Å². The molecule has 1 amide bonds. The number of nitrogens with zero attached hydrogens (tertiary/aromatic N) is 2. The van der Waals surface area contributed by atoms with Gasteiger partial charge in [-0.05, 0) is 61.6 Å². The number of likely N-dealkylation sites (tertiary alicyclic amines) is 1. The average Bonchev–Trinajstić information content (AvgIpc) is 3.27. The number of amides is 1. The predicted molar refractivity (Wildman–Crippen MR) is 145 cm³/mol. The number of benzene rings is 1. The Balaban J connectivity index is 1.25. The van der Waals surface area contributed by atoms with E-state index in [1.165, 1.54) is 5.56 Å². The normalized spacial score (nSPS) is 28.7. The molecular formula is C28H38N4O4S. The lowest BCUT2D eigenvalue weighted by atomic mass is 9.89. The monoisotopic (exact) mass is 526 g/mol. The van der Waals surface area contributed by atoms with Gasteiger partial charge >= 0.3 is 0 Å². The molecule has 3 heterocycles. The highest BCUT2D eigenvalue weighted by Crippen LogP contribution is 2.36. The summed E-state index contributed by atoms with van der Waals surface area (Å²) in [5.41, 5.74) is 9.53. The molecule has 2 aliphatic heterocycles. The standard InChI is InChI=1S/C28H38N4O4S/c1-18-16-32(23-10-12-37(35,36)13-11-23)17-26(18)20-4-2-19(3-5-20)21-14-25(27(29)30-15-21)28(34)31-22-6-8-24(33)9-7-22/h2-5,14-15,18,22-24,26,33H,6-13,16-17H2,1H3,(H2,29,30)(H,31,34)/t18-,22-,24-,26-/m1/s1. The zero-order valence-electron chi connectivity index (χ0n) is 21.5. The number of hydrogen-bond donors (Lipinski definition) is 3. The van der Waals surface area contributed by atoms with Gasteiger partial charge in [-0.15, -0.1) is 0 Å². The van der Waals surface area contributed by atoms with Crippen molar-refractivity contribution in [2.75, 3.05) is 30.3 Å². The summed E-state index contributed by atoms with van der Waals surface area (Å²) in [6, 6.07) is 10.7. The van der Waals surface area contributed by atoms with Gasteiger partial charge in [-0.3, -0.25) is 9.69 Å². The minimum atomic E-state index is -2.85. The van der Waals surface area contributed by atoms with E-state index in [9.17, 15) is 18.3 Å². The van der Waals surface area contributed by atoms with Crippen molar-refractivity contribution in [2.24, 2.45) is 5.92 Å². The van der Waals surface area contributed by atoms with Crippen LogP contribution >= 0.6 is 0 Å². The third kappa shape index (κ3) is 5.99. The summed E-state index contributed by atoms with van der Waals surface area (Å²) in [6.45, 7) is 4.23. The zero-order valence-corrected chi connectivity index (χ0v) is 22.3. The molecule has 1 aliphatic carbocycles. The molecule has 1 saturated carbocycles. The Hall–Kier alpha value is -2.49. The number of aliphatic hydroxyl groups is 1. The highest BCUT2D eigenvalue weighted by molar-refractivity contribution is 7.91. The molecule has 2 saturated heterocycles. The van der Waals surface area contributed by atoms with Crippen LogP contribution in [-0.4, -0.2) is 72.1 Å². The van der Waals surface area contributed by atoms with E-state index in [2.05, 4.69) is 46.4 Å². The maximum absolute atomic E-state index is 12.9. The van der Waals surface area contributed by atoms with Gasteiger partial charge in [0.25, 0.3) is 5.91 Å². The van der Waals surface area contributed by atoms with Crippen LogP contribution in [0.3, 0.4) is 0 Å². The number of carbonyl (C=O) groups is 1. The molecule has 1 aromatic carbocycles. The third-order valence-electron chi connectivity index (χ3n) is 8.55. The van der Waals surface area contributed by atoms with E-state index in [-0.39, 0.29) is 23.9 Å². The van der Waals surface area contributed by atoms with Crippen LogP contribution in [0, 0.1) is 5.92 Å². The van der Waals surface area contributed by atoms with Gasteiger partial charge in [0.05, 0.1) is 23.2 Å².